The van der Waals surface area contributed by atoms with E-state index in [4.69, 9.17) is 0 Å². The van der Waals surface area contributed by atoms with Gasteiger partial charge >= 0.3 is 0 Å². The Morgan fingerprint density at radius 2 is 2.16 bits per heavy atom. The fraction of sp³-hybridized carbons (Fsp3) is 0.133. The molecule has 3 aromatic rings. The summed E-state index contributed by atoms with van der Waals surface area (Å²) in [7, 11) is 0. The quantitative estimate of drug-likeness (QED) is 0.748. The average Bonchev–Trinajstić information content (AvgIpc) is 3.08. The number of hydrogen-bond donors (Lipinski definition) is 2. The minimum Gasteiger partial charge on any atom is -0.361 e. The number of carbonyl (C=O) groups excluding carboxylic acids is 1. The normalized spacial score (nSPS) is 12.5. The van der Waals surface area contributed by atoms with Crippen molar-refractivity contribution in [2.24, 2.45) is 0 Å². The molecule has 3 rings (SSSR count). The lowest BCUT2D eigenvalue weighted by Gasteiger charge is -2.12. The van der Waals surface area contributed by atoms with Crippen LogP contribution >= 0.6 is 11.3 Å². The lowest BCUT2D eigenvalue weighted by molar-refractivity contribution is 0.0942. The first kappa shape index (κ1) is 12.0. The van der Waals surface area contributed by atoms with Gasteiger partial charge in [-0.05, 0) is 30.5 Å². The molecule has 2 N–H and O–H groups in total. The highest BCUT2D eigenvalue weighted by Crippen LogP contribution is 2.21. The summed E-state index contributed by atoms with van der Waals surface area (Å²) < 4.78 is 0. The lowest BCUT2D eigenvalue weighted by Crippen LogP contribution is -2.26. The summed E-state index contributed by atoms with van der Waals surface area (Å²) >= 11 is 1.65. The Kier molecular flexibility index (Phi) is 3.09. The molecule has 2 heterocycles. The fourth-order valence-electron chi connectivity index (χ4n) is 2.16. The number of aromatic amines is 1. The smallest absolute Gasteiger partial charge is 0.253 e. The van der Waals surface area contributed by atoms with E-state index in [9.17, 15) is 4.79 Å². The molecular weight excluding hydrogens is 256 g/mol. The highest BCUT2D eigenvalue weighted by molar-refractivity contribution is 7.10. The van der Waals surface area contributed by atoms with E-state index in [0.717, 1.165) is 15.8 Å². The first-order valence-electron chi connectivity index (χ1n) is 6.16. The van der Waals surface area contributed by atoms with Crippen molar-refractivity contribution in [1.29, 1.82) is 0 Å². The highest BCUT2D eigenvalue weighted by atomic mass is 32.1. The van der Waals surface area contributed by atoms with E-state index in [-0.39, 0.29) is 11.9 Å². The second-order valence-electron chi connectivity index (χ2n) is 4.46. The predicted octanol–water partition coefficient (Wildman–Crippen LogP) is 3.72. The Morgan fingerprint density at radius 1 is 1.26 bits per heavy atom. The number of H-pyrrole nitrogens is 1. The molecule has 0 fully saturated rings. The molecule has 0 aliphatic heterocycles. The second-order valence-corrected chi connectivity index (χ2v) is 5.44. The maximum atomic E-state index is 12.3. The largest absolute Gasteiger partial charge is 0.361 e. The highest BCUT2D eigenvalue weighted by Gasteiger charge is 2.14. The van der Waals surface area contributed by atoms with Crippen molar-refractivity contribution in [2.75, 3.05) is 0 Å². The molecule has 0 aliphatic carbocycles. The molecule has 4 heteroatoms. The van der Waals surface area contributed by atoms with Gasteiger partial charge in [-0.3, -0.25) is 4.79 Å². The van der Waals surface area contributed by atoms with Gasteiger partial charge in [-0.1, -0.05) is 18.2 Å². The molecule has 0 bridgehead atoms. The van der Waals surface area contributed by atoms with Crippen molar-refractivity contribution in [3.05, 3.63) is 58.4 Å². The van der Waals surface area contributed by atoms with Crippen molar-refractivity contribution in [1.82, 2.24) is 10.3 Å². The maximum absolute atomic E-state index is 12.3. The van der Waals surface area contributed by atoms with Crippen LogP contribution in [-0.2, 0) is 0 Å². The zero-order chi connectivity index (χ0) is 13.2. The third-order valence-corrected chi connectivity index (χ3v) is 4.20. The Balaban J connectivity index is 1.86. The number of benzene rings is 1. The Morgan fingerprint density at radius 3 is 2.95 bits per heavy atom. The van der Waals surface area contributed by atoms with Gasteiger partial charge in [-0.15, -0.1) is 11.3 Å². The Labute approximate surface area is 115 Å². The molecule has 0 saturated heterocycles. The van der Waals surface area contributed by atoms with Crippen molar-refractivity contribution < 1.29 is 4.79 Å². The molecule has 96 valence electrons. The Bertz CT molecular complexity index is 700. The second kappa shape index (κ2) is 4.90. The predicted molar refractivity (Wildman–Crippen MR) is 78.5 cm³/mol. The lowest BCUT2D eigenvalue weighted by atomic mass is 10.1. The maximum Gasteiger partial charge on any atom is 0.253 e. The topological polar surface area (TPSA) is 44.9 Å². The van der Waals surface area contributed by atoms with Crippen LogP contribution in [0.5, 0.6) is 0 Å². The first-order valence-corrected chi connectivity index (χ1v) is 7.04. The number of hydrogen-bond acceptors (Lipinski definition) is 2. The minimum atomic E-state index is -0.0473. The Hall–Kier alpha value is -2.07. The number of rotatable bonds is 3. The summed E-state index contributed by atoms with van der Waals surface area (Å²) in [4.78, 5) is 16.6. The number of carbonyl (C=O) groups is 1. The van der Waals surface area contributed by atoms with Crippen LogP contribution in [0.4, 0.5) is 0 Å². The van der Waals surface area contributed by atoms with Crippen LogP contribution in [0, 0.1) is 0 Å². The van der Waals surface area contributed by atoms with Crippen molar-refractivity contribution in [3.8, 4) is 0 Å². The van der Waals surface area contributed by atoms with Crippen LogP contribution in [0.25, 0.3) is 10.9 Å². The molecular formula is C15H14N2OS. The van der Waals surface area contributed by atoms with Crippen molar-refractivity contribution in [2.45, 2.75) is 13.0 Å². The van der Waals surface area contributed by atoms with E-state index in [2.05, 4.69) is 10.3 Å². The molecule has 0 saturated carbocycles. The van der Waals surface area contributed by atoms with Gasteiger partial charge in [-0.2, -0.15) is 0 Å². The molecule has 19 heavy (non-hydrogen) atoms. The fourth-order valence-corrected chi connectivity index (χ4v) is 2.89. The molecule has 1 unspecified atom stereocenters. The molecule has 3 nitrogen and oxygen atoms in total. The number of aromatic nitrogens is 1. The molecule has 1 aromatic carbocycles. The molecule has 1 amide bonds. The first-order chi connectivity index (χ1) is 9.25. The third-order valence-electron chi connectivity index (χ3n) is 3.15. The summed E-state index contributed by atoms with van der Waals surface area (Å²) in [6, 6.07) is 11.8. The van der Waals surface area contributed by atoms with E-state index < -0.39 is 0 Å². The van der Waals surface area contributed by atoms with E-state index >= 15 is 0 Å². The summed E-state index contributed by atoms with van der Waals surface area (Å²) in [6.45, 7) is 2.00. The van der Waals surface area contributed by atoms with E-state index in [1.54, 1.807) is 11.3 Å². The summed E-state index contributed by atoms with van der Waals surface area (Å²) in [5, 5.41) is 6.10. The minimum absolute atomic E-state index is 0.0257. The van der Waals surface area contributed by atoms with Crippen molar-refractivity contribution in [3.63, 3.8) is 0 Å². The zero-order valence-electron chi connectivity index (χ0n) is 10.5. The molecule has 2 aromatic heterocycles. The zero-order valence-corrected chi connectivity index (χ0v) is 11.3. The van der Waals surface area contributed by atoms with Gasteiger partial charge in [0.05, 0.1) is 17.1 Å². The van der Waals surface area contributed by atoms with Gasteiger partial charge in [-0.25, -0.2) is 0 Å². The van der Waals surface area contributed by atoms with Gasteiger partial charge < -0.3 is 10.3 Å². The van der Waals surface area contributed by atoms with Crippen LogP contribution in [-0.4, -0.2) is 10.9 Å². The van der Waals surface area contributed by atoms with Gasteiger partial charge in [0, 0.05) is 16.5 Å². The van der Waals surface area contributed by atoms with E-state index in [1.807, 2.05) is 54.9 Å². The summed E-state index contributed by atoms with van der Waals surface area (Å²) in [5.41, 5.74) is 1.57. The number of para-hydroxylation sites is 1. The standard InChI is InChI=1S/C15H14N2OS/c1-10(13-6-3-9-19-13)17-15(18)12-5-2-4-11-7-8-16-14(11)12/h2-10,16H,1H3,(H,17,18). The summed E-state index contributed by atoms with van der Waals surface area (Å²) in [5.74, 6) is -0.0473. The number of fused-ring (bicyclic) bond motifs is 1. The van der Waals surface area contributed by atoms with Crippen LogP contribution in [0.1, 0.15) is 28.2 Å². The van der Waals surface area contributed by atoms with Gasteiger partial charge in [0.25, 0.3) is 5.91 Å². The van der Waals surface area contributed by atoms with Crippen LogP contribution in [0.2, 0.25) is 0 Å². The molecule has 0 aliphatic rings. The number of amides is 1. The molecule has 1 atom stereocenters. The van der Waals surface area contributed by atoms with Crippen LogP contribution in [0.15, 0.2) is 48.0 Å². The average molecular weight is 270 g/mol. The molecule has 0 spiro atoms. The van der Waals surface area contributed by atoms with Crippen LogP contribution in [0.3, 0.4) is 0 Å². The van der Waals surface area contributed by atoms with E-state index in [1.165, 1.54) is 0 Å². The van der Waals surface area contributed by atoms with Gasteiger partial charge in [0.15, 0.2) is 0 Å². The van der Waals surface area contributed by atoms with Crippen molar-refractivity contribution >= 4 is 28.1 Å². The summed E-state index contributed by atoms with van der Waals surface area (Å²) in [6.07, 6.45) is 1.85. The third kappa shape index (κ3) is 2.27. The van der Waals surface area contributed by atoms with Gasteiger partial charge in [0.2, 0.25) is 0 Å². The number of nitrogens with one attached hydrogen (secondary N) is 2. The number of thiophene rings is 1. The van der Waals surface area contributed by atoms with Crippen LogP contribution < -0.4 is 5.32 Å². The molecule has 0 radical (unpaired) electrons. The monoisotopic (exact) mass is 270 g/mol. The van der Waals surface area contributed by atoms with E-state index in [0.29, 0.717) is 5.56 Å². The SMILES string of the molecule is CC(NC(=O)c1cccc2cc[nH]c12)c1cccs1. The van der Waals surface area contributed by atoms with Gasteiger partial charge in [0.1, 0.15) is 0 Å².